The van der Waals surface area contributed by atoms with Crippen LogP contribution in [0.3, 0.4) is 0 Å². The van der Waals surface area contributed by atoms with E-state index >= 15 is 0 Å². The molecule has 0 aliphatic carbocycles. The number of nitrogens with one attached hydrogen (secondary N) is 1. The highest BCUT2D eigenvalue weighted by molar-refractivity contribution is 9.10. The van der Waals surface area contributed by atoms with Crippen LogP contribution in [-0.4, -0.2) is 23.4 Å². The van der Waals surface area contributed by atoms with E-state index in [9.17, 15) is 0 Å². The van der Waals surface area contributed by atoms with E-state index in [1.165, 1.54) is 16.8 Å². The molecular weight excluding hydrogens is 328 g/mol. The van der Waals surface area contributed by atoms with E-state index < -0.39 is 0 Å². The van der Waals surface area contributed by atoms with Crippen LogP contribution in [0.25, 0.3) is 0 Å². The molecule has 1 aromatic carbocycles. The fourth-order valence-electron chi connectivity index (χ4n) is 2.24. The topological polar surface area (TPSA) is 33.1 Å². The van der Waals surface area contributed by atoms with E-state index in [0.29, 0.717) is 0 Å². The van der Waals surface area contributed by atoms with Crippen molar-refractivity contribution in [1.82, 2.24) is 15.1 Å². The van der Waals surface area contributed by atoms with Crippen LogP contribution >= 0.6 is 15.9 Å². The minimum Gasteiger partial charge on any atom is -0.370 e. The lowest BCUT2D eigenvalue weighted by atomic mass is 10.2. The Bertz CT molecular complexity index is 579. The number of nitrogens with zero attached hydrogens (tertiary/aromatic N) is 3. The summed E-state index contributed by atoms with van der Waals surface area (Å²) in [5, 5.41) is 7.64. The molecule has 0 amide bonds. The average Bonchev–Trinajstić information content (AvgIpc) is 2.86. The fourth-order valence-corrected chi connectivity index (χ4v) is 2.74. The zero-order valence-electron chi connectivity index (χ0n) is 12.9. The standard InChI is InChI=1S/C16H23BrN4/c1-4-7-18-10-14-5-6-15(8-16(14)17)20(2)11-13-9-19-21(3)12-13/h5-6,8-9,12,18H,4,7,10-11H2,1-3H3. The molecule has 1 N–H and O–H groups in total. The lowest BCUT2D eigenvalue weighted by Gasteiger charge is -2.19. The average molecular weight is 351 g/mol. The highest BCUT2D eigenvalue weighted by atomic mass is 79.9. The third kappa shape index (κ3) is 4.58. The van der Waals surface area contributed by atoms with Crippen molar-refractivity contribution in [3.8, 4) is 0 Å². The number of aromatic nitrogens is 2. The van der Waals surface area contributed by atoms with Crippen LogP contribution in [-0.2, 0) is 20.1 Å². The van der Waals surface area contributed by atoms with Gasteiger partial charge in [-0.25, -0.2) is 0 Å². The summed E-state index contributed by atoms with van der Waals surface area (Å²) in [4.78, 5) is 2.23. The van der Waals surface area contributed by atoms with Crippen LogP contribution in [0.15, 0.2) is 35.1 Å². The summed E-state index contributed by atoms with van der Waals surface area (Å²) in [5.41, 5.74) is 3.71. The van der Waals surface area contributed by atoms with E-state index in [1.807, 2.05) is 17.9 Å². The Hall–Kier alpha value is -1.33. The quantitative estimate of drug-likeness (QED) is 0.777. The third-order valence-corrected chi connectivity index (χ3v) is 4.14. The zero-order chi connectivity index (χ0) is 15.2. The first kappa shape index (κ1) is 16.0. The molecule has 0 bridgehead atoms. The molecule has 1 heterocycles. The summed E-state index contributed by atoms with van der Waals surface area (Å²) in [7, 11) is 4.04. The molecule has 0 radical (unpaired) electrons. The maximum atomic E-state index is 4.21. The molecule has 0 unspecified atom stereocenters. The Balaban J connectivity index is 2.01. The summed E-state index contributed by atoms with van der Waals surface area (Å²) in [6, 6.07) is 6.53. The zero-order valence-corrected chi connectivity index (χ0v) is 14.5. The lowest BCUT2D eigenvalue weighted by molar-refractivity contribution is 0.674. The SMILES string of the molecule is CCCNCc1ccc(N(C)Cc2cnn(C)c2)cc1Br. The molecule has 114 valence electrons. The van der Waals surface area contributed by atoms with E-state index in [2.05, 4.69) is 69.6 Å². The monoisotopic (exact) mass is 350 g/mol. The smallest absolute Gasteiger partial charge is 0.0539 e. The molecule has 0 aliphatic rings. The first-order chi connectivity index (χ1) is 10.1. The van der Waals surface area contributed by atoms with Crippen molar-refractivity contribution in [2.75, 3.05) is 18.5 Å². The summed E-state index contributed by atoms with van der Waals surface area (Å²) in [6.07, 6.45) is 5.12. The minimum atomic E-state index is 0.855. The molecule has 0 fully saturated rings. The molecule has 21 heavy (non-hydrogen) atoms. The minimum absolute atomic E-state index is 0.855. The van der Waals surface area contributed by atoms with E-state index in [4.69, 9.17) is 0 Å². The van der Waals surface area contributed by atoms with Crippen molar-refractivity contribution in [3.63, 3.8) is 0 Å². The Morgan fingerprint density at radius 2 is 2.19 bits per heavy atom. The van der Waals surface area contributed by atoms with Crippen molar-refractivity contribution in [2.24, 2.45) is 7.05 Å². The van der Waals surface area contributed by atoms with E-state index in [-0.39, 0.29) is 0 Å². The first-order valence-electron chi connectivity index (χ1n) is 7.28. The van der Waals surface area contributed by atoms with Crippen LogP contribution < -0.4 is 10.2 Å². The van der Waals surface area contributed by atoms with E-state index in [0.717, 1.165) is 30.5 Å². The number of hydrogen-bond acceptors (Lipinski definition) is 3. The summed E-state index contributed by atoms with van der Waals surface area (Å²) in [6.45, 7) is 4.99. The summed E-state index contributed by atoms with van der Waals surface area (Å²) in [5.74, 6) is 0. The van der Waals surface area contributed by atoms with Crippen LogP contribution in [0, 0.1) is 0 Å². The molecule has 0 atom stereocenters. The van der Waals surface area contributed by atoms with Gasteiger partial charge in [0, 0.05) is 49.1 Å². The lowest BCUT2D eigenvalue weighted by Crippen LogP contribution is -2.17. The van der Waals surface area contributed by atoms with Crippen molar-refractivity contribution < 1.29 is 0 Å². The number of halogens is 1. The predicted molar refractivity (Wildman–Crippen MR) is 91.5 cm³/mol. The number of hydrogen-bond donors (Lipinski definition) is 1. The van der Waals surface area contributed by atoms with Gasteiger partial charge in [0.05, 0.1) is 6.20 Å². The van der Waals surface area contributed by atoms with Crippen molar-refractivity contribution in [2.45, 2.75) is 26.4 Å². The molecule has 2 rings (SSSR count). The highest BCUT2D eigenvalue weighted by Crippen LogP contribution is 2.24. The molecule has 1 aromatic heterocycles. The molecule has 2 aromatic rings. The largest absolute Gasteiger partial charge is 0.370 e. The van der Waals surface area contributed by atoms with Gasteiger partial charge >= 0.3 is 0 Å². The van der Waals surface area contributed by atoms with Gasteiger partial charge in [0.1, 0.15) is 0 Å². The second-order valence-electron chi connectivity index (χ2n) is 5.33. The maximum Gasteiger partial charge on any atom is 0.0539 e. The second-order valence-corrected chi connectivity index (χ2v) is 6.19. The fraction of sp³-hybridized carbons (Fsp3) is 0.438. The molecule has 4 nitrogen and oxygen atoms in total. The van der Waals surface area contributed by atoms with Gasteiger partial charge in [0.2, 0.25) is 0 Å². The molecular formula is C16H23BrN4. The molecule has 0 spiro atoms. The van der Waals surface area contributed by atoms with Crippen LogP contribution in [0.2, 0.25) is 0 Å². The Labute approximate surface area is 135 Å². The van der Waals surface area contributed by atoms with Gasteiger partial charge in [0.25, 0.3) is 0 Å². The normalized spacial score (nSPS) is 10.9. The number of aryl methyl sites for hydroxylation is 1. The molecule has 0 aliphatic heterocycles. The Kier molecular flexibility index (Phi) is 5.82. The molecule has 5 heteroatoms. The van der Waals surface area contributed by atoms with Gasteiger partial charge in [-0.15, -0.1) is 0 Å². The number of anilines is 1. The number of benzene rings is 1. The highest BCUT2D eigenvalue weighted by Gasteiger charge is 2.07. The first-order valence-corrected chi connectivity index (χ1v) is 8.07. The van der Waals surface area contributed by atoms with Gasteiger partial charge in [-0.05, 0) is 30.7 Å². The second kappa shape index (κ2) is 7.61. The van der Waals surface area contributed by atoms with Crippen molar-refractivity contribution >= 4 is 21.6 Å². The third-order valence-electron chi connectivity index (χ3n) is 3.40. The van der Waals surface area contributed by atoms with Crippen molar-refractivity contribution in [1.29, 1.82) is 0 Å². The van der Waals surface area contributed by atoms with E-state index in [1.54, 1.807) is 0 Å². The van der Waals surface area contributed by atoms with Gasteiger partial charge in [-0.3, -0.25) is 4.68 Å². The molecule has 0 saturated heterocycles. The predicted octanol–water partition coefficient (Wildman–Crippen LogP) is 3.32. The van der Waals surface area contributed by atoms with Gasteiger partial charge in [0.15, 0.2) is 0 Å². The van der Waals surface area contributed by atoms with Gasteiger partial charge in [-0.1, -0.05) is 28.9 Å². The summed E-state index contributed by atoms with van der Waals surface area (Å²) >= 11 is 3.67. The molecule has 0 saturated carbocycles. The van der Waals surface area contributed by atoms with Crippen LogP contribution in [0.1, 0.15) is 24.5 Å². The Morgan fingerprint density at radius 3 is 2.81 bits per heavy atom. The number of rotatable bonds is 7. The Morgan fingerprint density at radius 1 is 1.38 bits per heavy atom. The van der Waals surface area contributed by atoms with Crippen LogP contribution in [0.4, 0.5) is 5.69 Å². The van der Waals surface area contributed by atoms with Gasteiger partial charge < -0.3 is 10.2 Å². The summed E-state index contributed by atoms with van der Waals surface area (Å²) < 4.78 is 2.99. The van der Waals surface area contributed by atoms with Crippen molar-refractivity contribution in [3.05, 3.63) is 46.2 Å². The van der Waals surface area contributed by atoms with Crippen LogP contribution in [0.5, 0.6) is 0 Å². The maximum absolute atomic E-state index is 4.21. The van der Waals surface area contributed by atoms with Gasteiger partial charge in [-0.2, -0.15) is 5.10 Å².